The molecule has 1 aliphatic rings. The average Bonchev–Trinajstić information content (AvgIpc) is 2.93. The number of carbonyl (C=O) groups is 1. The van der Waals surface area contributed by atoms with E-state index >= 15 is 0 Å². The topological polar surface area (TPSA) is 49.3 Å². The molecule has 1 fully saturated rings. The maximum atomic E-state index is 12.2. The number of hydrogen-bond acceptors (Lipinski definition) is 2. The van der Waals surface area contributed by atoms with Gasteiger partial charge in [0.25, 0.3) is 5.91 Å². The summed E-state index contributed by atoms with van der Waals surface area (Å²) in [7, 11) is 0. The Balaban J connectivity index is 1.68. The quantitative estimate of drug-likeness (QED) is 0.908. The lowest BCUT2D eigenvalue weighted by Crippen LogP contribution is -2.33. The zero-order valence-electron chi connectivity index (χ0n) is 11.8. The zero-order valence-corrected chi connectivity index (χ0v) is 11.8. The molecule has 3 rings (SSSR count). The smallest absolute Gasteiger partial charge is 0.251 e. The van der Waals surface area contributed by atoms with Gasteiger partial charge in [0.15, 0.2) is 0 Å². The molecule has 0 aromatic heterocycles. The minimum Gasteiger partial charge on any atom is -0.393 e. The van der Waals surface area contributed by atoms with Crippen molar-refractivity contribution in [1.29, 1.82) is 0 Å². The SMILES string of the molecule is O=C(N[C@@H]1CC[C@@H](O)C1)c1ccc(-c2ccccc2)cc1. The average molecular weight is 281 g/mol. The van der Waals surface area contributed by atoms with Crippen LogP contribution in [0.4, 0.5) is 0 Å². The minimum absolute atomic E-state index is 0.0614. The highest BCUT2D eigenvalue weighted by Crippen LogP contribution is 2.21. The molecule has 0 radical (unpaired) electrons. The van der Waals surface area contributed by atoms with Crippen molar-refractivity contribution < 1.29 is 9.90 Å². The van der Waals surface area contributed by atoms with Gasteiger partial charge in [0, 0.05) is 11.6 Å². The molecule has 2 aromatic carbocycles. The first-order valence-electron chi connectivity index (χ1n) is 7.37. The first-order chi connectivity index (χ1) is 10.2. The van der Waals surface area contributed by atoms with Gasteiger partial charge in [-0.05, 0) is 42.5 Å². The Kier molecular flexibility index (Phi) is 4.02. The van der Waals surface area contributed by atoms with E-state index in [1.807, 2.05) is 42.5 Å². The van der Waals surface area contributed by atoms with Crippen LogP contribution in [0.5, 0.6) is 0 Å². The predicted molar refractivity (Wildman–Crippen MR) is 83.0 cm³/mol. The van der Waals surface area contributed by atoms with Gasteiger partial charge in [-0.15, -0.1) is 0 Å². The summed E-state index contributed by atoms with van der Waals surface area (Å²) in [5.74, 6) is -0.0614. The molecule has 3 nitrogen and oxygen atoms in total. The summed E-state index contributed by atoms with van der Waals surface area (Å²) in [6, 6.07) is 17.8. The molecule has 3 heteroatoms. The van der Waals surface area contributed by atoms with Gasteiger partial charge in [0.1, 0.15) is 0 Å². The lowest BCUT2D eigenvalue weighted by molar-refractivity contribution is 0.0934. The lowest BCUT2D eigenvalue weighted by atomic mass is 10.0. The molecular weight excluding hydrogens is 262 g/mol. The van der Waals surface area contributed by atoms with Gasteiger partial charge in [-0.2, -0.15) is 0 Å². The molecule has 0 spiro atoms. The first kappa shape index (κ1) is 13.8. The molecule has 0 unspecified atom stereocenters. The van der Waals surface area contributed by atoms with E-state index in [0.717, 1.165) is 24.0 Å². The van der Waals surface area contributed by atoms with Crippen molar-refractivity contribution in [3.63, 3.8) is 0 Å². The Morgan fingerprint density at radius 2 is 1.62 bits per heavy atom. The number of aliphatic hydroxyl groups excluding tert-OH is 1. The van der Waals surface area contributed by atoms with E-state index in [-0.39, 0.29) is 18.1 Å². The summed E-state index contributed by atoms with van der Waals surface area (Å²) in [4.78, 5) is 12.2. The molecule has 2 aromatic rings. The first-order valence-corrected chi connectivity index (χ1v) is 7.37. The highest BCUT2D eigenvalue weighted by molar-refractivity contribution is 5.94. The Hall–Kier alpha value is -2.13. The van der Waals surface area contributed by atoms with E-state index in [1.54, 1.807) is 0 Å². The van der Waals surface area contributed by atoms with Crippen LogP contribution in [0.2, 0.25) is 0 Å². The molecule has 2 atom stereocenters. The second-order valence-corrected chi connectivity index (χ2v) is 5.58. The van der Waals surface area contributed by atoms with Crippen molar-refractivity contribution in [2.45, 2.75) is 31.4 Å². The molecule has 108 valence electrons. The van der Waals surface area contributed by atoms with Crippen LogP contribution in [0.25, 0.3) is 11.1 Å². The van der Waals surface area contributed by atoms with E-state index < -0.39 is 0 Å². The van der Waals surface area contributed by atoms with Gasteiger partial charge in [-0.3, -0.25) is 4.79 Å². The molecule has 21 heavy (non-hydrogen) atoms. The molecular formula is C18H19NO2. The van der Waals surface area contributed by atoms with Gasteiger partial charge < -0.3 is 10.4 Å². The third-order valence-electron chi connectivity index (χ3n) is 3.99. The largest absolute Gasteiger partial charge is 0.393 e. The van der Waals surface area contributed by atoms with E-state index in [4.69, 9.17) is 0 Å². The maximum Gasteiger partial charge on any atom is 0.251 e. The van der Waals surface area contributed by atoms with Gasteiger partial charge in [-0.25, -0.2) is 0 Å². The van der Waals surface area contributed by atoms with E-state index in [2.05, 4.69) is 17.4 Å². The fourth-order valence-electron chi connectivity index (χ4n) is 2.80. The summed E-state index contributed by atoms with van der Waals surface area (Å²) in [6.07, 6.45) is 2.02. The van der Waals surface area contributed by atoms with Gasteiger partial charge >= 0.3 is 0 Å². The number of amides is 1. The molecule has 0 aliphatic heterocycles. The van der Waals surface area contributed by atoms with Crippen LogP contribution in [0.3, 0.4) is 0 Å². The molecule has 0 heterocycles. The second-order valence-electron chi connectivity index (χ2n) is 5.58. The fourth-order valence-corrected chi connectivity index (χ4v) is 2.80. The van der Waals surface area contributed by atoms with E-state index in [9.17, 15) is 9.90 Å². The van der Waals surface area contributed by atoms with Crippen LogP contribution in [0, 0.1) is 0 Å². The minimum atomic E-state index is -0.268. The summed E-state index contributed by atoms with van der Waals surface area (Å²) < 4.78 is 0. The van der Waals surface area contributed by atoms with Gasteiger partial charge in [0.05, 0.1) is 6.10 Å². The fraction of sp³-hybridized carbons (Fsp3) is 0.278. The van der Waals surface area contributed by atoms with Crippen molar-refractivity contribution >= 4 is 5.91 Å². The highest BCUT2D eigenvalue weighted by atomic mass is 16.3. The number of aliphatic hydroxyl groups is 1. The number of nitrogens with one attached hydrogen (secondary N) is 1. The van der Waals surface area contributed by atoms with Gasteiger partial charge in [0.2, 0.25) is 0 Å². The summed E-state index contributed by atoms with van der Waals surface area (Å²) >= 11 is 0. The van der Waals surface area contributed by atoms with Crippen LogP contribution >= 0.6 is 0 Å². The lowest BCUT2D eigenvalue weighted by Gasteiger charge is -2.12. The highest BCUT2D eigenvalue weighted by Gasteiger charge is 2.24. The van der Waals surface area contributed by atoms with Crippen molar-refractivity contribution in [3.05, 3.63) is 60.2 Å². The van der Waals surface area contributed by atoms with Crippen LogP contribution in [0.1, 0.15) is 29.6 Å². The van der Waals surface area contributed by atoms with Crippen molar-refractivity contribution in [2.75, 3.05) is 0 Å². The number of benzene rings is 2. The van der Waals surface area contributed by atoms with E-state index in [0.29, 0.717) is 12.0 Å². The maximum absolute atomic E-state index is 12.2. The van der Waals surface area contributed by atoms with E-state index in [1.165, 1.54) is 0 Å². The van der Waals surface area contributed by atoms with Crippen molar-refractivity contribution in [1.82, 2.24) is 5.32 Å². The van der Waals surface area contributed by atoms with Crippen LogP contribution in [0.15, 0.2) is 54.6 Å². The Labute approximate surface area is 124 Å². The number of rotatable bonds is 3. The zero-order chi connectivity index (χ0) is 14.7. The van der Waals surface area contributed by atoms with Gasteiger partial charge in [-0.1, -0.05) is 42.5 Å². The monoisotopic (exact) mass is 281 g/mol. The predicted octanol–water partition coefficient (Wildman–Crippen LogP) is 3.00. The summed E-state index contributed by atoms with van der Waals surface area (Å²) in [5, 5.41) is 12.5. The summed E-state index contributed by atoms with van der Waals surface area (Å²) in [6.45, 7) is 0. The van der Waals surface area contributed by atoms with Crippen LogP contribution in [-0.4, -0.2) is 23.2 Å². The molecule has 1 amide bonds. The standard InChI is InChI=1S/C18H19NO2/c20-17-11-10-16(12-17)19-18(21)15-8-6-14(7-9-15)13-4-2-1-3-5-13/h1-9,16-17,20H,10-12H2,(H,19,21)/t16-,17-/m1/s1. The molecule has 0 bridgehead atoms. The Morgan fingerprint density at radius 1 is 0.952 bits per heavy atom. The normalized spacial score (nSPS) is 21.2. The van der Waals surface area contributed by atoms with Crippen molar-refractivity contribution in [2.24, 2.45) is 0 Å². The van der Waals surface area contributed by atoms with Crippen LogP contribution in [-0.2, 0) is 0 Å². The summed E-state index contributed by atoms with van der Waals surface area (Å²) in [5.41, 5.74) is 2.91. The Bertz CT molecular complexity index is 607. The van der Waals surface area contributed by atoms with Crippen molar-refractivity contribution in [3.8, 4) is 11.1 Å². The number of carbonyl (C=O) groups excluding carboxylic acids is 1. The molecule has 1 saturated carbocycles. The third kappa shape index (κ3) is 3.31. The van der Waals surface area contributed by atoms with Crippen LogP contribution < -0.4 is 5.32 Å². The molecule has 1 aliphatic carbocycles. The molecule has 2 N–H and O–H groups in total. The Morgan fingerprint density at radius 3 is 2.24 bits per heavy atom. The second kappa shape index (κ2) is 6.10. The number of hydrogen-bond donors (Lipinski definition) is 2. The third-order valence-corrected chi connectivity index (χ3v) is 3.99. The molecule has 0 saturated heterocycles.